The van der Waals surface area contributed by atoms with Gasteiger partial charge in [0.2, 0.25) is 0 Å². The Hall–Kier alpha value is -1.67. The third kappa shape index (κ3) is 3.65. The van der Waals surface area contributed by atoms with Crippen molar-refractivity contribution in [3.05, 3.63) is 11.4 Å². The van der Waals surface area contributed by atoms with E-state index in [1.807, 2.05) is 0 Å². The highest BCUT2D eigenvalue weighted by molar-refractivity contribution is 6.03. The Kier molecular flexibility index (Phi) is 5.10. The van der Waals surface area contributed by atoms with Crippen LogP contribution in [0.2, 0.25) is 0 Å². The molecule has 0 aromatic rings. The Balaban J connectivity index is 2.03. The van der Waals surface area contributed by atoms with Crippen molar-refractivity contribution in [2.24, 2.45) is 5.16 Å². The second-order valence-corrected chi connectivity index (χ2v) is 4.46. The van der Waals surface area contributed by atoms with Crippen molar-refractivity contribution in [2.45, 2.75) is 19.2 Å². The molecule has 7 heteroatoms. The Morgan fingerprint density at radius 3 is 2.47 bits per heavy atom. The number of hydrogen-bond donors (Lipinski definition) is 0. The van der Waals surface area contributed by atoms with Crippen molar-refractivity contribution in [1.82, 2.24) is 9.80 Å². The van der Waals surface area contributed by atoms with E-state index in [0.717, 1.165) is 39.0 Å². The molecule has 0 aromatic heterocycles. The second-order valence-electron chi connectivity index (χ2n) is 4.46. The summed E-state index contributed by atoms with van der Waals surface area (Å²) < 4.78 is 5.33. The zero-order chi connectivity index (χ0) is 13.5. The van der Waals surface area contributed by atoms with Crippen LogP contribution in [0.25, 0.3) is 4.85 Å². The summed E-state index contributed by atoms with van der Waals surface area (Å²) in [5, 5.41) is 12.4. The van der Waals surface area contributed by atoms with Gasteiger partial charge in [0.15, 0.2) is 0 Å². The minimum Gasteiger partial charge on any atom is -0.379 e. The molecule has 2 aliphatic heterocycles. The van der Waals surface area contributed by atoms with Gasteiger partial charge in [0.1, 0.15) is 6.07 Å². The van der Waals surface area contributed by atoms with E-state index in [-0.39, 0.29) is 12.2 Å². The second kappa shape index (κ2) is 7.05. The van der Waals surface area contributed by atoms with Crippen LogP contribution in [0.5, 0.6) is 0 Å². The quantitative estimate of drug-likeness (QED) is 0.319. The largest absolute Gasteiger partial charge is 0.392 e. The van der Waals surface area contributed by atoms with Crippen LogP contribution in [0.15, 0.2) is 5.16 Å². The summed E-state index contributed by atoms with van der Waals surface area (Å²) in [4.78, 5) is 12.8. The Labute approximate surface area is 112 Å². The zero-order valence-electron chi connectivity index (χ0n) is 10.8. The molecule has 1 unspecified atom stereocenters. The predicted molar refractivity (Wildman–Crippen MR) is 67.7 cm³/mol. The highest BCUT2D eigenvalue weighted by atomic mass is 16.7. The van der Waals surface area contributed by atoms with E-state index >= 15 is 0 Å². The third-order valence-electron chi connectivity index (χ3n) is 3.25. The topological polar surface area (TPSA) is 65.5 Å². The van der Waals surface area contributed by atoms with E-state index in [1.54, 1.807) is 6.07 Å². The van der Waals surface area contributed by atoms with Crippen molar-refractivity contribution < 1.29 is 9.57 Å². The van der Waals surface area contributed by atoms with Crippen LogP contribution in [-0.2, 0) is 9.57 Å². The zero-order valence-corrected chi connectivity index (χ0v) is 10.8. The number of rotatable bonds is 4. The average Bonchev–Trinajstić information content (AvgIpc) is 2.99. The van der Waals surface area contributed by atoms with Crippen molar-refractivity contribution in [1.29, 1.82) is 5.26 Å². The van der Waals surface area contributed by atoms with E-state index in [2.05, 4.69) is 19.8 Å². The molecule has 1 atom stereocenters. The molecule has 2 rings (SSSR count). The molecule has 0 radical (unpaired) electrons. The number of likely N-dealkylation sites (tertiary alicyclic amines) is 1. The van der Waals surface area contributed by atoms with E-state index in [9.17, 15) is 0 Å². The molecular formula is C12H17N5O2. The van der Waals surface area contributed by atoms with Crippen molar-refractivity contribution in [3.63, 3.8) is 0 Å². The van der Waals surface area contributed by atoms with Gasteiger partial charge in [-0.05, 0) is 12.8 Å². The van der Waals surface area contributed by atoms with E-state index in [1.165, 1.54) is 0 Å². The monoisotopic (exact) mass is 263 g/mol. The summed E-state index contributed by atoms with van der Waals surface area (Å²) in [6.07, 6.45) is 1.99. The molecule has 0 bridgehead atoms. The molecule has 19 heavy (non-hydrogen) atoms. The SMILES string of the molecule is [C-]#[N+]C(C#N)=NOC(N1CCCC1)N1CCOCC1. The van der Waals surface area contributed by atoms with E-state index < -0.39 is 0 Å². The molecule has 102 valence electrons. The molecule has 2 aliphatic rings. The van der Waals surface area contributed by atoms with Gasteiger partial charge in [0, 0.05) is 26.2 Å². The highest BCUT2D eigenvalue weighted by Crippen LogP contribution is 2.17. The smallest absolute Gasteiger partial charge is 0.379 e. The van der Waals surface area contributed by atoms with Crippen molar-refractivity contribution >= 4 is 5.84 Å². The number of nitriles is 1. The lowest BCUT2D eigenvalue weighted by atomic mass is 10.4. The Morgan fingerprint density at radius 1 is 1.26 bits per heavy atom. The van der Waals surface area contributed by atoms with Gasteiger partial charge in [-0.1, -0.05) is 6.57 Å². The lowest BCUT2D eigenvalue weighted by Crippen LogP contribution is -2.52. The van der Waals surface area contributed by atoms with Gasteiger partial charge in [-0.15, -0.1) is 0 Å². The fourth-order valence-electron chi connectivity index (χ4n) is 2.29. The minimum atomic E-state index is -0.295. The maximum Gasteiger partial charge on any atom is 0.392 e. The van der Waals surface area contributed by atoms with E-state index in [0.29, 0.717) is 13.2 Å². The third-order valence-corrected chi connectivity index (χ3v) is 3.25. The fraction of sp³-hybridized carbons (Fsp3) is 0.750. The van der Waals surface area contributed by atoms with Gasteiger partial charge in [0.25, 0.3) is 6.35 Å². The number of ether oxygens (including phenoxy) is 1. The molecule has 0 saturated carbocycles. The first-order valence-electron chi connectivity index (χ1n) is 6.42. The molecular weight excluding hydrogens is 246 g/mol. The minimum absolute atomic E-state index is 0.266. The fourth-order valence-corrected chi connectivity index (χ4v) is 2.29. The molecule has 0 spiro atoms. The van der Waals surface area contributed by atoms with Crippen LogP contribution < -0.4 is 0 Å². The van der Waals surface area contributed by atoms with Gasteiger partial charge in [-0.3, -0.25) is 9.74 Å². The number of morpholine rings is 1. The van der Waals surface area contributed by atoms with Gasteiger partial charge in [0.05, 0.1) is 18.4 Å². The van der Waals surface area contributed by atoms with Crippen LogP contribution >= 0.6 is 0 Å². The summed E-state index contributed by atoms with van der Waals surface area (Å²) in [6.45, 7) is 11.6. The number of nitrogens with zero attached hydrogens (tertiary/aromatic N) is 5. The Bertz CT molecular complexity index is 383. The molecule has 2 fully saturated rings. The van der Waals surface area contributed by atoms with Gasteiger partial charge in [-0.2, -0.15) is 0 Å². The normalized spacial score (nSPS) is 23.6. The lowest BCUT2D eigenvalue weighted by molar-refractivity contribution is -0.166. The molecule has 7 nitrogen and oxygen atoms in total. The standard InChI is InChI=1S/C12H17N5O2/c1-14-11(10-13)15-19-12(16-4-2-3-5-16)17-6-8-18-9-7-17/h12H,2-9H2. The van der Waals surface area contributed by atoms with Crippen LogP contribution in [0, 0.1) is 17.9 Å². The number of oxime groups is 1. The predicted octanol–water partition coefficient (Wildman–Crippen LogP) is 0.471. The molecule has 2 saturated heterocycles. The highest BCUT2D eigenvalue weighted by Gasteiger charge is 2.32. The maximum atomic E-state index is 8.69. The van der Waals surface area contributed by atoms with Gasteiger partial charge < -0.3 is 9.58 Å². The first-order valence-corrected chi connectivity index (χ1v) is 6.42. The Morgan fingerprint density at radius 2 is 1.89 bits per heavy atom. The molecule has 0 aliphatic carbocycles. The summed E-state index contributed by atoms with van der Waals surface area (Å²) in [5.74, 6) is -0.266. The van der Waals surface area contributed by atoms with Crippen molar-refractivity contribution in [2.75, 3.05) is 39.4 Å². The summed E-state index contributed by atoms with van der Waals surface area (Å²) in [6, 6.07) is 1.71. The van der Waals surface area contributed by atoms with Crippen LogP contribution in [0.4, 0.5) is 0 Å². The number of hydrogen-bond acceptors (Lipinski definition) is 6. The van der Waals surface area contributed by atoms with Crippen LogP contribution in [-0.4, -0.2) is 61.4 Å². The molecule has 0 amide bonds. The summed E-state index contributed by atoms with van der Waals surface area (Å²) in [5.41, 5.74) is 0. The van der Waals surface area contributed by atoms with Crippen molar-refractivity contribution in [3.8, 4) is 6.07 Å². The summed E-state index contributed by atoms with van der Waals surface area (Å²) >= 11 is 0. The molecule has 2 heterocycles. The maximum absolute atomic E-state index is 8.69. The number of amidine groups is 1. The van der Waals surface area contributed by atoms with Crippen LogP contribution in [0.1, 0.15) is 12.8 Å². The first kappa shape index (κ1) is 13.8. The summed E-state index contributed by atoms with van der Waals surface area (Å²) in [7, 11) is 0. The molecule has 0 N–H and O–H groups in total. The van der Waals surface area contributed by atoms with E-state index in [4.69, 9.17) is 21.4 Å². The first-order chi connectivity index (χ1) is 9.35. The average molecular weight is 263 g/mol. The molecule has 0 aromatic carbocycles. The van der Waals surface area contributed by atoms with Crippen LogP contribution in [0.3, 0.4) is 0 Å². The van der Waals surface area contributed by atoms with Gasteiger partial charge in [-0.25, -0.2) is 10.2 Å². The van der Waals surface area contributed by atoms with Gasteiger partial charge >= 0.3 is 5.84 Å². The lowest BCUT2D eigenvalue weighted by Gasteiger charge is -2.35.